The molecule has 2 N–H and O–H groups in total. The van der Waals surface area contributed by atoms with Crippen LogP contribution in [-0.4, -0.2) is 24.8 Å². The van der Waals surface area contributed by atoms with Crippen molar-refractivity contribution in [2.45, 2.75) is 13.5 Å². The lowest BCUT2D eigenvalue weighted by Crippen LogP contribution is -2.23. The molecule has 2 aromatic carbocycles. The highest BCUT2D eigenvalue weighted by Crippen LogP contribution is 2.25. The predicted octanol–water partition coefficient (Wildman–Crippen LogP) is 3.54. The number of alkyl halides is 2. The number of anilines is 2. The van der Waals surface area contributed by atoms with Gasteiger partial charge < -0.3 is 15.4 Å². The Labute approximate surface area is 137 Å². The van der Waals surface area contributed by atoms with Gasteiger partial charge in [-0.15, -0.1) is 0 Å². The molecule has 0 fully saturated rings. The van der Waals surface area contributed by atoms with Gasteiger partial charge in [-0.1, -0.05) is 24.3 Å². The molecule has 0 saturated carbocycles. The Morgan fingerprint density at radius 2 is 1.67 bits per heavy atom. The molecule has 0 aliphatic rings. The molecule has 0 heterocycles. The number of hydrogen-bond donors (Lipinski definition) is 2. The molecule has 0 spiro atoms. The van der Waals surface area contributed by atoms with Gasteiger partial charge in [0, 0.05) is 5.56 Å². The number of benzene rings is 2. The molecule has 2 rings (SSSR count). The van der Waals surface area contributed by atoms with Crippen molar-refractivity contribution in [3.63, 3.8) is 0 Å². The topological polar surface area (TPSA) is 67.4 Å². The van der Waals surface area contributed by atoms with Crippen LogP contribution in [0.5, 0.6) is 5.75 Å². The molecule has 1 amide bonds. The van der Waals surface area contributed by atoms with Crippen LogP contribution < -0.4 is 15.4 Å². The Bertz CT molecular complexity index is 735. The summed E-state index contributed by atoms with van der Waals surface area (Å²) in [5.41, 5.74) is 1.06. The van der Waals surface area contributed by atoms with E-state index in [1.165, 1.54) is 19.1 Å². The lowest BCUT2D eigenvalue weighted by Gasteiger charge is -2.13. The number of nitrogens with one attached hydrogen (secondary N) is 2. The summed E-state index contributed by atoms with van der Waals surface area (Å²) in [7, 11) is 0. The van der Waals surface area contributed by atoms with Crippen LogP contribution in [0.2, 0.25) is 0 Å². The molecule has 0 aliphatic heterocycles. The first kappa shape index (κ1) is 17.4. The molecule has 0 radical (unpaired) electrons. The van der Waals surface area contributed by atoms with Crippen molar-refractivity contribution >= 4 is 23.1 Å². The summed E-state index contributed by atoms with van der Waals surface area (Å²) in [4.78, 5) is 23.5. The minimum atomic E-state index is -2.95. The Hall–Kier alpha value is -2.96. The number of ether oxygens (including phenoxy) is 1. The minimum Gasteiger partial charge on any atom is -0.433 e. The molecule has 0 unspecified atom stereocenters. The van der Waals surface area contributed by atoms with E-state index in [1.54, 1.807) is 36.4 Å². The van der Waals surface area contributed by atoms with Crippen LogP contribution in [0.3, 0.4) is 0 Å². The average molecular weight is 334 g/mol. The summed E-state index contributed by atoms with van der Waals surface area (Å²) in [6, 6.07) is 12.7. The van der Waals surface area contributed by atoms with Crippen molar-refractivity contribution in [1.29, 1.82) is 0 Å². The molecule has 0 atom stereocenters. The number of ketones is 1. The normalized spacial score (nSPS) is 10.3. The summed E-state index contributed by atoms with van der Waals surface area (Å²) in [5, 5.41) is 5.34. The zero-order valence-corrected chi connectivity index (χ0v) is 12.9. The highest BCUT2D eigenvalue weighted by molar-refractivity contribution is 6.04. The fourth-order valence-electron chi connectivity index (χ4n) is 2.08. The number of amides is 1. The molecule has 0 aromatic heterocycles. The van der Waals surface area contributed by atoms with Gasteiger partial charge in [0.1, 0.15) is 5.75 Å². The van der Waals surface area contributed by atoms with Crippen molar-refractivity contribution in [2.75, 3.05) is 17.2 Å². The third kappa shape index (κ3) is 4.77. The number of rotatable bonds is 7. The van der Waals surface area contributed by atoms with E-state index in [4.69, 9.17) is 0 Å². The van der Waals surface area contributed by atoms with Crippen LogP contribution in [0, 0.1) is 0 Å². The Morgan fingerprint density at radius 1 is 1.04 bits per heavy atom. The number of carbonyl (C=O) groups is 2. The molecule has 5 nitrogen and oxygen atoms in total. The number of hydrogen-bond acceptors (Lipinski definition) is 4. The summed E-state index contributed by atoms with van der Waals surface area (Å²) in [6.45, 7) is -1.72. The first-order valence-corrected chi connectivity index (χ1v) is 7.15. The quantitative estimate of drug-likeness (QED) is 0.760. The van der Waals surface area contributed by atoms with Crippen LogP contribution in [-0.2, 0) is 4.79 Å². The zero-order chi connectivity index (χ0) is 17.5. The minimum absolute atomic E-state index is 0.0514. The van der Waals surface area contributed by atoms with Crippen molar-refractivity contribution in [3.8, 4) is 5.75 Å². The Kier molecular flexibility index (Phi) is 5.83. The second-order valence-electron chi connectivity index (χ2n) is 4.88. The van der Waals surface area contributed by atoms with E-state index in [9.17, 15) is 18.4 Å². The molecule has 0 bridgehead atoms. The van der Waals surface area contributed by atoms with Crippen LogP contribution in [0.4, 0.5) is 20.2 Å². The molecule has 0 aliphatic carbocycles. The molecule has 0 saturated heterocycles. The van der Waals surface area contributed by atoms with Gasteiger partial charge in [0.15, 0.2) is 5.78 Å². The average Bonchev–Trinajstić information content (AvgIpc) is 2.54. The highest BCUT2D eigenvalue weighted by atomic mass is 19.3. The van der Waals surface area contributed by atoms with Crippen LogP contribution in [0.15, 0.2) is 48.5 Å². The lowest BCUT2D eigenvalue weighted by molar-refractivity contribution is -0.114. The second-order valence-corrected chi connectivity index (χ2v) is 4.88. The van der Waals surface area contributed by atoms with E-state index >= 15 is 0 Å². The fraction of sp³-hybridized carbons (Fsp3) is 0.176. The molecule has 7 heteroatoms. The van der Waals surface area contributed by atoms with Crippen molar-refractivity contribution < 1.29 is 23.1 Å². The predicted molar refractivity (Wildman–Crippen MR) is 86.6 cm³/mol. The summed E-state index contributed by atoms with van der Waals surface area (Å²) < 4.78 is 29.1. The maximum Gasteiger partial charge on any atom is 0.387 e. The SMILES string of the molecule is CC(=O)c1ccccc1NC(=O)CNc1ccccc1OC(F)F. The Balaban J connectivity index is 2.01. The smallest absolute Gasteiger partial charge is 0.387 e. The molecule has 126 valence electrons. The second kappa shape index (κ2) is 8.05. The zero-order valence-electron chi connectivity index (χ0n) is 12.9. The highest BCUT2D eigenvalue weighted by Gasteiger charge is 2.12. The standard InChI is InChI=1S/C17H16F2N2O3/c1-11(22)12-6-2-3-7-13(12)21-16(23)10-20-14-8-4-5-9-15(14)24-17(18)19/h2-9,17,20H,10H2,1H3,(H,21,23). The number of carbonyl (C=O) groups excluding carboxylic acids is 2. The van der Waals surface area contributed by atoms with Crippen LogP contribution in [0.25, 0.3) is 0 Å². The molecular formula is C17H16F2N2O3. The van der Waals surface area contributed by atoms with Gasteiger partial charge in [-0.2, -0.15) is 8.78 Å². The van der Waals surface area contributed by atoms with Crippen molar-refractivity contribution in [2.24, 2.45) is 0 Å². The summed E-state index contributed by atoms with van der Waals surface area (Å²) >= 11 is 0. The number of para-hydroxylation sites is 3. The van der Waals surface area contributed by atoms with Gasteiger partial charge in [0.2, 0.25) is 5.91 Å². The van der Waals surface area contributed by atoms with Crippen molar-refractivity contribution in [1.82, 2.24) is 0 Å². The summed E-state index contributed by atoms with van der Waals surface area (Å²) in [6.07, 6.45) is 0. The van der Waals surface area contributed by atoms with Gasteiger partial charge in [-0.25, -0.2) is 0 Å². The molecule has 2 aromatic rings. The van der Waals surface area contributed by atoms with Gasteiger partial charge in [0.05, 0.1) is 17.9 Å². The maximum absolute atomic E-state index is 12.3. The van der Waals surface area contributed by atoms with E-state index < -0.39 is 12.5 Å². The van der Waals surface area contributed by atoms with Gasteiger partial charge in [-0.05, 0) is 31.2 Å². The van der Waals surface area contributed by atoms with E-state index in [0.717, 1.165) is 0 Å². The number of halogens is 2. The van der Waals surface area contributed by atoms with E-state index in [-0.39, 0.29) is 23.8 Å². The van der Waals surface area contributed by atoms with Gasteiger partial charge >= 0.3 is 6.61 Å². The van der Waals surface area contributed by atoms with E-state index in [1.807, 2.05) is 0 Å². The molecular weight excluding hydrogens is 318 g/mol. The van der Waals surface area contributed by atoms with Crippen LogP contribution in [0.1, 0.15) is 17.3 Å². The van der Waals surface area contributed by atoms with Gasteiger partial charge in [-0.3, -0.25) is 9.59 Å². The lowest BCUT2D eigenvalue weighted by atomic mass is 10.1. The third-order valence-corrected chi connectivity index (χ3v) is 3.12. The fourth-order valence-corrected chi connectivity index (χ4v) is 2.08. The first-order chi connectivity index (χ1) is 11.5. The summed E-state index contributed by atoms with van der Waals surface area (Å²) in [5.74, 6) is -0.644. The van der Waals surface area contributed by atoms with E-state index in [0.29, 0.717) is 11.3 Å². The van der Waals surface area contributed by atoms with Gasteiger partial charge in [0.25, 0.3) is 0 Å². The van der Waals surface area contributed by atoms with Crippen molar-refractivity contribution in [3.05, 3.63) is 54.1 Å². The molecule has 24 heavy (non-hydrogen) atoms. The Morgan fingerprint density at radius 3 is 2.33 bits per heavy atom. The van der Waals surface area contributed by atoms with E-state index in [2.05, 4.69) is 15.4 Å². The third-order valence-electron chi connectivity index (χ3n) is 3.12. The first-order valence-electron chi connectivity index (χ1n) is 7.15. The largest absolute Gasteiger partial charge is 0.433 e. The maximum atomic E-state index is 12.3. The number of Topliss-reactive ketones (excluding diaryl/α,β-unsaturated/α-hetero) is 1. The monoisotopic (exact) mass is 334 g/mol. The van der Waals surface area contributed by atoms with Crippen LogP contribution >= 0.6 is 0 Å².